The minimum Gasteiger partial charge on any atom is -0.323 e. The van der Waals surface area contributed by atoms with Crippen LogP contribution in [0, 0.1) is 0 Å². The molecular weight excluding hydrogens is 154 g/mol. The third-order valence-electron chi connectivity index (χ3n) is 1.84. The highest BCUT2D eigenvalue weighted by atomic mass is 32.1. The molecule has 0 aliphatic heterocycles. The van der Waals surface area contributed by atoms with E-state index in [9.17, 15) is 0 Å². The Kier molecular flexibility index (Phi) is 3.09. The molecule has 0 bridgehead atoms. The van der Waals surface area contributed by atoms with Gasteiger partial charge in [-0.1, -0.05) is 13.8 Å². The standard InChI is InChI=1S/C9H15NS/c1-3-7-5-6-9(11-7)8(10)4-2/h5-6,8H,3-4,10H2,1-2H3/t8-/m0/s1. The Bertz CT molecular complexity index is 217. The molecule has 0 spiro atoms. The van der Waals surface area contributed by atoms with E-state index in [0.29, 0.717) is 0 Å². The number of nitrogens with two attached hydrogens (primary N) is 1. The van der Waals surface area contributed by atoms with Crippen molar-refractivity contribution in [2.45, 2.75) is 32.7 Å². The zero-order valence-corrected chi connectivity index (χ0v) is 7.95. The lowest BCUT2D eigenvalue weighted by molar-refractivity contribution is 0.712. The monoisotopic (exact) mass is 169 g/mol. The maximum Gasteiger partial charge on any atom is 0.0387 e. The van der Waals surface area contributed by atoms with E-state index < -0.39 is 0 Å². The summed E-state index contributed by atoms with van der Waals surface area (Å²) in [4.78, 5) is 2.76. The molecule has 11 heavy (non-hydrogen) atoms. The quantitative estimate of drug-likeness (QED) is 0.739. The van der Waals surface area contributed by atoms with Crippen molar-refractivity contribution in [2.75, 3.05) is 0 Å². The lowest BCUT2D eigenvalue weighted by Crippen LogP contribution is -2.05. The van der Waals surface area contributed by atoms with Crippen molar-refractivity contribution < 1.29 is 0 Å². The molecule has 0 radical (unpaired) electrons. The Morgan fingerprint density at radius 2 is 2.18 bits per heavy atom. The SMILES string of the molecule is CCc1ccc([C@@H](N)CC)s1. The van der Waals surface area contributed by atoms with Crippen LogP contribution >= 0.6 is 11.3 Å². The van der Waals surface area contributed by atoms with Gasteiger partial charge < -0.3 is 5.73 Å². The number of hydrogen-bond acceptors (Lipinski definition) is 2. The predicted molar refractivity (Wildman–Crippen MR) is 50.9 cm³/mol. The van der Waals surface area contributed by atoms with E-state index in [1.807, 2.05) is 11.3 Å². The molecule has 2 N–H and O–H groups in total. The van der Waals surface area contributed by atoms with Gasteiger partial charge in [-0.2, -0.15) is 0 Å². The fourth-order valence-corrected chi connectivity index (χ4v) is 2.02. The Hall–Kier alpha value is -0.340. The average molecular weight is 169 g/mol. The summed E-state index contributed by atoms with van der Waals surface area (Å²) in [7, 11) is 0. The molecule has 0 aromatic carbocycles. The summed E-state index contributed by atoms with van der Waals surface area (Å²) in [5.74, 6) is 0. The molecule has 0 aliphatic rings. The molecule has 2 heteroatoms. The minimum absolute atomic E-state index is 0.250. The van der Waals surface area contributed by atoms with Crippen LogP contribution in [-0.4, -0.2) is 0 Å². The van der Waals surface area contributed by atoms with Crippen molar-refractivity contribution in [3.05, 3.63) is 21.9 Å². The first-order valence-corrected chi connectivity index (χ1v) is 4.93. The number of aryl methyl sites for hydroxylation is 1. The smallest absolute Gasteiger partial charge is 0.0387 e. The molecule has 1 nitrogen and oxygen atoms in total. The van der Waals surface area contributed by atoms with Crippen molar-refractivity contribution in [3.63, 3.8) is 0 Å². The maximum absolute atomic E-state index is 5.87. The topological polar surface area (TPSA) is 26.0 Å². The molecule has 0 amide bonds. The zero-order valence-electron chi connectivity index (χ0n) is 7.13. The molecule has 0 saturated heterocycles. The number of hydrogen-bond donors (Lipinski definition) is 1. The highest BCUT2D eigenvalue weighted by molar-refractivity contribution is 7.12. The molecule has 0 aliphatic carbocycles. The van der Waals surface area contributed by atoms with Crippen molar-refractivity contribution >= 4 is 11.3 Å². The lowest BCUT2D eigenvalue weighted by Gasteiger charge is -2.03. The van der Waals surface area contributed by atoms with Crippen molar-refractivity contribution in [3.8, 4) is 0 Å². The van der Waals surface area contributed by atoms with Crippen LogP contribution in [-0.2, 0) is 6.42 Å². The Morgan fingerprint density at radius 1 is 1.45 bits per heavy atom. The first-order chi connectivity index (χ1) is 5.27. The Labute approximate surface area is 72.2 Å². The van der Waals surface area contributed by atoms with Gasteiger partial charge in [0.1, 0.15) is 0 Å². The highest BCUT2D eigenvalue weighted by Crippen LogP contribution is 2.23. The Balaban J connectivity index is 2.71. The van der Waals surface area contributed by atoms with Crippen LogP contribution in [0.4, 0.5) is 0 Å². The van der Waals surface area contributed by atoms with E-state index in [1.165, 1.54) is 9.75 Å². The summed E-state index contributed by atoms with van der Waals surface area (Å²) in [6, 6.07) is 4.58. The zero-order chi connectivity index (χ0) is 8.27. The second kappa shape index (κ2) is 3.88. The fraction of sp³-hybridized carbons (Fsp3) is 0.556. The van der Waals surface area contributed by atoms with Gasteiger partial charge in [-0.3, -0.25) is 0 Å². The molecule has 1 aromatic heterocycles. The minimum atomic E-state index is 0.250. The molecule has 0 unspecified atom stereocenters. The van der Waals surface area contributed by atoms with E-state index >= 15 is 0 Å². The molecule has 1 aromatic rings. The molecule has 1 heterocycles. The Morgan fingerprint density at radius 3 is 2.64 bits per heavy atom. The van der Waals surface area contributed by atoms with Gasteiger partial charge in [0.05, 0.1) is 0 Å². The average Bonchev–Trinajstić information content (AvgIpc) is 2.50. The summed E-state index contributed by atoms with van der Waals surface area (Å²) in [5.41, 5.74) is 5.87. The summed E-state index contributed by atoms with van der Waals surface area (Å²) in [6.07, 6.45) is 2.16. The van der Waals surface area contributed by atoms with Crippen LogP contribution in [0.15, 0.2) is 12.1 Å². The summed E-state index contributed by atoms with van der Waals surface area (Å²) in [5, 5.41) is 0. The van der Waals surface area contributed by atoms with Crippen LogP contribution < -0.4 is 5.73 Å². The molecule has 1 rings (SSSR count). The van der Waals surface area contributed by atoms with Crippen LogP contribution in [0.25, 0.3) is 0 Å². The molecule has 0 saturated carbocycles. The second-order valence-electron chi connectivity index (χ2n) is 2.67. The van der Waals surface area contributed by atoms with Gasteiger partial charge >= 0.3 is 0 Å². The fourth-order valence-electron chi connectivity index (χ4n) is 0.985. The van der Waals surface area contributed by atoms with E-state index in [2.05, 4.69) is 26.0 Å². The van der Waals surface area contributed by atoms with Gasteiger partial charge in [0.15, 0.2) is 0 Å². The maximum atomic E-state index is 5.87. The third-order valence-corrected chi connectivity index (χ3v) is 3.20. The second-order valence-corrected chi connectivity index (χ2v) is 3.87. The van der Waals surface area contributed by atoms with Gasteiger partial charge in [0.2, 0.25) is 0 Å². The van der Waals surface area contributed by atoms with Crippen LogP contribution in [0.3, 0.4) is 0 Å². The van der Waals surface area contributed by atoms with Crippen LogP contribution in [0.2, 0.25) is 0 Å². The summed E-state index contributed by atoms with van der Waals surface area (Å²) in [6.45, 7) is 4.29. The molecule has 62 valence electrons. The van der Waals surface area contributed by atoms with Gasteiger partial charge in [-0.15, -0.1) is 11.3 Å². The predicted octanol–water partition coefficient (Wildman–Crippen LogP) is 2.72. The van der Waals surface area contributed by atoms with Crippen LogP contribution in [0.5, 0.6) is 0 Å². The molecule has 0 fully saturated rings. The van der Waals surface area contributed by atoms with Crippen molar-refractivity contribution in [2.24, 2.45) is 5.73 Å². The van der Waals surface area contributed by atoms with E-state index in [4.69, 9.17) is 5.73 Å². The lowest BCUT2D eigenvalue weighted by atomic mass is 10.2. The molecular formula is C9H15NS. The largest absolute Gasteiger partial charge is 0.323 e. The number of thiophene rings is 1. The first-order valence-electron chi connectivity index (χ1n) is 4.12. The van der Waals surface area contributed by atoms with Crippen LogP contribution in [0.1, 0.15) is 36.1 Å². The van der Waals surface area contributed by atoms with E-state index in [-0.39, 0.29) is 6.04 Å². The first kappa shape index (κ1) is 8.75. The third kappa shape index (κ3) is 2.04. The van der Waals surface area contributed by atoms with Gasteiger partial charge in [-0.05, 0) is 25.0 Å². The van der Waals surface area contributed by atoms with E-state index in [0.717, 1.165) is 12.8 Å². The molecule has 1 atom stereocenters. The van der Waals surface area contributed by atoms with Crippen molar-refractivity contribution in [1.29, 1.82) is 0 Å². The van der Waals surface area contributed by atoms with E-state index in [1.54, 1.807) is 0 Å². The van der Waals surface area contributed by atoms with Gasteiger partial charge in [0.25, 0.3) is 0 Å². The highest BCUT2D eigenvalue weighted by Gasteiger charge is 2.05. The normalized spacial score (nSPS) is 13.4. The summed E-state index contributed by atoms with van der Waals surface area (Å²) < 4.78 is 0. The van der Waals surface area contributed by atoms with Gasteiger partial charge in [-0.25, -0.2) is 0 Å². The summed E-state index contributed by atoms with van der Waals surface area (Å²) >= 11 is 1.84. The van der Waals surface area contributed by atoms with Crippen molar-refractivity contribution in [1.82, 2.24) is 0 Å². The number of rotatable bonds is 3. The van der Waals surface area contributed by atoms with Gasteiger partial charge in [0, 0.05) is 15.8 Å².